The van der Waals surface area contributed by atoms with E-state index < -0.39 is 29.1 Å². The number of hydrogen-bond donors (Lipinski definition) is 2. The topological polar surface area (TPSA) is 112 Å². The number of benzene rings is 1. The van der Waals surface area contributed by atoms with Gasteiger partial charge >= 0.3 is 0 Å². The fraction of sp³-hybridized carbons (Fsp3) is 0.318. The lowest BCUT2D eigenvalue weighted by Gasteiger charge is -2.17. The van der Waals surface area contributed by atoms with Gasteiger partial charge in [-0.15, -0.1) is 0 Å². The summed E-state index contributed by atoms with van der Waals surface area (Å²) >= 11 is 0. The van der Waals surface area contributed by atoms with Gasteiger partial charge in [0.05, 0.1) is 35.6 Å². The number of nitriles is 1. The summed E-state index contributed by atoms with van der Waals surface area (Å²) in [5.41, 5.74) is 1.46. The molecule has 31 heavy (non-hydrogen) atoms. The van der Waals surface area contributed by atoms with Gasteiger partial charge in [-0.3, -0.25) is 14.6 Å². The van der Waals surface area contributed by atoms with Crippen molar-refractivity contribution in [3.05, 3.63) is 68.5 Å². The number of halogens is 2. The normalized spacial score (nSPS) is 14.3. The molecule has 0 saturated heterocycles. The number of fused-ring (bicyclic) bond motifs is 1. The Morgan fingerprint density at radius 3 is 2.77 bits per heavy atom. The quantitative estimate of drug-likeness (QED) is 0.655. The molecule has 1 aliphatic rings. The lowest BCUT2D eigenvalue weighted by molar-refractivity contribution is -0.121. The maximum absolute atomic E-state index is 14.6. The Labute approximate surface area is 176 Å². The van der Waals surface area contributed by atoms with Crippen LogP contribution < -0.4 is 10.9 Å². The molecule has 0 radical (unpaired) electrons. The highest BCUT2D eigenvalue weighted by Crippen LogP contribution is 2.44. The second kappa shape index (κ2) is 7.87. The molecule has 2 N–H and O–H groups in total. The van der Waals surface area contributed by atoms with Gasteiger partial charge in [-0.05, 0) is 50.3 Å². The van der Waals surface area contributed by atoms with Crippen LogP contribution >= 0.6 is 0 Å². The van der Waals surface area contributed by atoms with Crippen LogP contribution in [0, 0.1) is 29.9 Å². The Balaban J connectivity index is 1.66. The van der Waals surface area contributed by atoms with Crippen LogP contribution in [-0.4, -0.2) is 20.9 Å². The third kappa shape index (κ3) is 3.89. The van der Waals surface area contributed by atoms with E-state index in [-0.39, 0.29) is 34.5 Å². The van der Waals surface area contributed by atoms with Gasteiger partial charge in [0.15, 0.2) is 17.3 Å². The SMILES string of the molecule is Cc1nc(C#N)cnc1[C@H](C)NC(=O)Cc1c(C2CC2)c2c(F)c(F)ccc2[nH]c1=O. The number of nitrogens with zero attached hydrogens (tertiary/aromatic N) is 3. The van der Waals surface area contributed by atoms with E-state index >= 15 is 0 Å². The molecule has 1 saturated carbocycles. The van der Waals surface area contributed by atoms with E-state index in [2.05, 4.69) is 20.3 Å². The Morgan fingerprint density at radius 1 is 1.39 bits per heavy atom. The number of carbonyl (C=O) groups excluding carboxylic acids is 1. The highest BCUT2D eigenvalue weighted by Gasteiger charge is 2.32. The number of aryl methyl sites for hydroxylation is 1. The number of nitrogens with one attached hydrogen (secondary N) is 2. The first kappa shape index (κ1) is 20.6. The molecule has 158 valence electrons. The van der Waals surface area contributed by atoms with Crippen molar-refractivity contribution < 1.29 is 13.6 Å². The number of aromatic nitrogens is 3. The van der Waals surface area contributed by atoms with Crippen LogP contribution in [-0.2, 0) is 11.2 Å². The predicted molar refractivity (Wildman–Crippen MR) is 108 cm³/mol. The zero-order valence-corrected chi connectivity index (χ0v) is 16.9. The first-order valence-corrected chi connectivity index (χ1v) is 9.86. The van der Waals surface area contributed by atoms with E-state index in [4.69, 9.17) is 5.26 Å². The fourth-order valence-corrected chi connectivity index (χ4v) is 3.88. The van der Waals surface area contributed by atoms with Gasteiger partial charge in [0.1, 0.15) is 6.07 Å². The second-order valence-corrected chi connectivity index (χ2v) is 7.71. The molecular weight excluding hydrogens is 404 g/mol. The minimum absolute atomic E-state index is 0.0340. The summed E-state index contributed by atoms with van der Waals surface area (Å²) in [7, 11) is 0. The average molecular weight is 423 g/mol. The van der Waals surface area contributed by atoms with Crippen molar-refractivity contribution >= 4 is 16.8 Å². The van der Waals surface area contributed by atoms with Gasteiger partial charge in [0.25, 0.3) is 5.56 Å². The van der Waals surface area contributed by atoms with Crippen molar-refractivity contribution in [3.8, 4) is 6.07 Å². The van der Waals surface area contributed by atoms with E-state index in [9.17, 15) is 18.4 Å². The first-order chi connectivity index (χ1) is 14.8. The molecule has 0 bridgehead atoms. The van der Waals surface area contributed by atoms with Crippen LogP contribution in [0.3, 0.4) is 0 Å². The predicted octanol–water partition coefficient (Wildman–Crippen LogP) is 3.07. The summed E-state index contributed by atoms with van der Waals surface area (Å²) in [6.45, 7) is 3.39. The van der Waals surface area contributed by atoms with Crippen LogP contribution in [0.25, 0.3) is 10.9 Å². The summed E-state index contributed by atoms with van der Waals surface area (Å²) in [6, 6.07) is 3.68. The van der Waals surface area contributed by atoms with Crippen molar-refractivity contribution in [3.63, 3.8) is 0 Å². The highest BCUT2D eigenvalue weighted by atomic mass is 19.2. The molecule has 1 aromatic carbocycles. The van der Waals surface area contributed by atoms with Crippen molar-refractivity contribution in [1.29, 1.82) is 5.26 Å². The number of aromatic amines is 1. The average Bonchev–Trinajstić information content (AvgIpc) is 3.56. The molecule has 1 aliphatic carbocycles. The van der Waals surface area contributed by atoms with E-state index in [1.165, 1.54) is 12.3 Å². The van der Waals surface area contributed by atoms with E-state index in [1.54, 1.807) is 13.8 Å². The molecule has 2 heterocycles. The number of carbonyl (C=O) groups is 1. The van der Waals surface area contributed by atoms with Crippen LogP contribution in [0.5, 0.6) is 0 Å². The lowest BCUT2D eigenvalue weighted by Crippen LogP contribution is -2.32. The molecule has 4 rings (SSSR count). The Kier molecular flexibility index (Phi) is 5.23. The smallest absolute Gasteiger partial charge is 0.252 e. The van der Waals surface area contributed by atoms with Gasteiger partial charge in [-0.25, -0.2) is 13.8 Å². The van der Waals surface area contributed by atoms with Gasteiger partial charge in [-0.2, -0.15) is 5.26 Å². The molecule has 1 amide bonds. The number of H-pyrrole nitrogens is 1. The molecular formula is C22H19F2N5O2. The lowest BCUT2D eigenvalue weighted by atomic mass is 9.96. The summed E-state index contributed by atoms with van der Waals surface area (Å²) in [4.78, 5) is 36.3. The number of hydrogen-bond acceptors (Lipinski definition) is 5. The first-order valence-electron chi connectivity index (χ1n) is 9.86. The van der Waals surface area contributed by atoms with Gasteiger partial charge in [0.2, 0.25) is 5.91 Å². The maximum atomic E-state index is 14.6. The van der Waals surface area contributed by atoms with E-state index in [0.29, 0.717) is 17.0 Å². The number of rotatable bonds is 5. The molecule has 1 atom stereocenters. The molecule has 0 unspecified atom stereocenters. The van der Waals surface area contributed by atoms with Gasteiger partial charge in [-0.1, -0.05) is 0 Å². The standard InChI is InChI=1S/C22H19F2N5O2/c1-10-21(26-9-13(8-25)27-10)11(2)28-17(30)7-14-18(12-3-4-12)19-16(29-22(14)31)6-5-15(23)20(19)24/h5-6,9,11-12H,3-4,7H2,1-2H3,(H,28,30)(H,29,31)/t11-/m0/s1. The highest BCUT2D eigenvalue weighted by molar-refractivity contribution is 5.87. The summed E-state index contributed by atoms with van der Waals surface area (Å²) in [6.07, 6.45) is 2.54. The van der Waals surface area contributed by atoms with E-state index in [0.717, 1.165) is 18.9 Å². The van der Waals surface area contributed by atoms with Crippen molar-refractivity contribution in [2.24, 2.45) is 0 Å². The Hall–Kier alpha value is -3.67. The molecule has 0 spiro atoms. The zero-order chi connectivity index (χ0) is 22.3. The molecule has 3 aromatic rings. The molecule has 2 aromatic heterocycles. The monoisotopic (exact) mass is 423 g/mol. The molecule has 7 nitrogen and oxygen atoms in total. The molecule has 9 heteroatoms. The van der Waals surface area contributed by atoms with Crippen LogP contribution in [0.4, 0.5) is 8.78 Å². The maximum Gasteiger partial charge on any atom is 0.252 e. The van der Waals surface area contributed by atoms with E-state index in [1.807, 2.05) is 6.07 Å². The minimum Gasteiger partial charge on any atom is -0.348 e. The van der Waals surface area contributed by atoms with Crippen molar-refractivity contribution in [1.82, 2.24) is 20.3 Å². The second-order valence-electron chi connectivity index (χ2n) is 7.71. The Morgan fingerprint density at radius 2 is 2.13 bits per heavy atom. The number of pyridine rings is 1. The van der Waals surface area contributed by atoms with Crippen LogP contribution in [0.15, 0.2) is 23.1 Å². The third-order valence-corrected chi connectivity index (χ3v) is 5.42. The summed E-state index contributed by atoms with van der Waals surface area (Å²) < 4.78 is 28.5. The van der Waals surface area contributed by atoms with Crippen molar-refractivity contribution in [2.45, 2.75) is 45.1 Å². The number of amides is 1. The largest absolute Gasteiger partial charge is 0.348 e. The fourth-order valence-electron chi connectivity index (χ4n) is 3.88. The summed E-state index contributed by atoms with van der Waals surface area (Å²) in [5.74, 6) is -2.55. The van der Waals surface area contributed by atoms with Gasteiger partial charge < -0.3 is 10.3 Å². The third-order valence-electron chi connectivity index (χ3n) is 5.42. The van der Waals surface area contributed by atoms with Crippen molar-refractivity contribution in [2.75, 3.05) is 0 Å². The van der Waals surface area contributed by atoms with Gasteiger partial charge in [0, 0.05) is 10.9 Å². The zero-order valence-electron chi connectivity index (χ0n) is 16.9. The van der Waals surface area contributed by atoms with Crippen LogP contribution in [0.2, 0.25) is 0 Å². The minimum atomic E-state index is -1.02. The molecule has 1 fully saturated rings. The summed E-state index contributed by atoms with van der Waals surface area (Å²) in [5, 5.41) is 11.7. The Bertz CT molecular complexity index is 1310. The molecule has 0 aliphatic heterocycles. The van der Waals surface area contributed by atoms with Crippen LogP contribution in [0.1, 0.15) is 59.9 Å².